The number of nitrogens with one attached hydrogen (secondary N) is 1. The standard InChI is InChI=1S/C15H24N2O2/c1-10(2)12-8-11(6-7-13(12)19-5)15(3,4)9-17-14(16)18/h6-8,10H,9H2,1-5H3,(H3,16,17,18). The second-order valence-corrected chi connectivity index (χ2v) is 5.71. The van der Waals surface area contributed by atoms with Crippen LogP contribution in [0, 0.1) is 0 Å². The molecule has 2 amide bonds. The Bertz CT molecular complexity index is 453. The lowest BCUT2D eigenvalue weighted by atomic mass is 9.82. The number of primary amides is 1. The molecule has 0 radical (unpaired) electrons. The molecule has 0 unspecified atom stereocenters. The Morgan fingerprint density at radius 3 is 2.53 bits per heavy atom. The van der Waals surface area contributed by atoms with Crippen LogP contribution in [0.1, 0.15) is 44.7 Å². The van der Waals surface area contributed by atoms with Crippen molar-refractivity contribution in [1.82, 2.24) is 5.32 Å². The van der Waals surface area contributed by atoms with E-state index in [9.17, 15) is 4.79 Å². The Hall–Kier alpha value is -1.71. The Morgan fingerprint density at radius 2 is 2.05 bits per heavy atom. The first-order valence-electron chi connectivity index (χ1n) is 6.49. The lowest BCUT2D eigenvalue weighted by molar-refractivity contribution is 0.246. The summed E-state index contributed by atoms with van der Waals surface area (Å²) in [5.41, 5.74) is 7.29. The van der Waals surface area contributed by atoms with Crippen LogP contribution in [-0.4, -0.2) is 19.7 Å². The van der Waals surface area contributed by atoms with Crippen molar-refractivity contribution in [2.45, 2.75) is 39.0 Å². The highest BCUT2D eigenvalue weighted by Gasteiger charge is 2.22. The number of hydrogen-bond donors (Lipinski definition) is 2. The number of urea groups is 1. The van der Waals surface area contributed by atoms with Gasteiger partial charge in [0.05, 0.1) is 7.11 Å². The van der Waals surface area contributed by atoms with Gasteiger partial charge in [0.2, 0.25) is 0 Å². The van der Waals surface area contributed by atoms with Gasteiger partial charge in [-0.2, -0.15) is 0 Å². The van der Waals surface area contributed by atoms with E-state index in [4.69, 9.17) is 10.5 Å². The Morgan fingerprint density at radius 1 is 1.42 bits per heavy atom. The number of amides is 2. The number of ether oxygens (including phenoxy) is 1. The minimum Gasteiger partial charge on any atom is -0.496 e. The van der Waals surface area contributed by atoms with Gasteiger partial charge in [-0.1, -0.05) is 39.8 Å². The lowest BCUT2D eigenvalue weighted by Crippen LogP contribution is -2.39. The summed E-state index contributed by atoms with van der Waals surface area (Å²) in [4.78, 5) is 10.8. The second-order valence-electron chi connectivity index (χ2n) is 5.71. The summed E-state index contributed by atoms with van der Waals surface area (Å²) in [6.07, 6.45) is 0. The summed E-state index contributed by atoms with van der Waals surface area (Å²) >= 11 is 0. The molecule has 0 spiro atoms. The van der Waals surface area contributed by atoms with E-state index in [0.717, 1.165) is 11.3 Å². The Kier molecular flexibility index (Phi) is 4.81. The fraction of sp³-hybridized carbons (Fsp3) is 0.533. The molecule has 1 aromatic rings. The molecule has 0 heterocycles. The molecule has 0 aliphatic carbocycles. The average Bonchev–Trinajstić information content (AvgIpc) is 2.35. The fourth-order valence-electron chi connectivity index (χ4n) is 2.02. The van der Waals surface area contributed by atoms with E-state index in [-0.39, 0.29) is 5.41 Å². The molecule has 0 fully saturated rings. The molecule has 106 valence electrons. The SMILES string of the molecule is COc1ccc(C(C)(C)CNC(N)=O)cc1C(C)C. The summed E-state index contributed by atoms with van der Waals surface area (Å²) in [6.45, 7) is 8.93. The van der Waals surface area contributed by atoms with E-state index in [2.05, 4.69) is 39.1 Å². The van der Waals surface area contributed by atoms with Crippen LogP contribution in [0.2, 0.25) is 0 Å². The van der Waals surface area contributed by atoms with Crippen molar-refractivity contribution in [3.63, 3.8) is 0 Å². The van der Waals surface area contributed by atoms with Crippen LogP contribution in [0.15, 0.2) is 18.2 Å². The third-order valence-electron chi connectivity index (χ3n) is 3.34. The van der Waals surface area contributed by atoms with Crippen molar-refractivity contribution in [2.24, 2.45) is 5.73 Å². The molecular weight excluding hydrogens is 240 g/mol. The quantitative estimate of drug-likeness (QED) is 0.859. The molecule has 0 atom stereocenters. The number of carbonyl (C=O) groups excluding carboxylic acids is 1. The fourth-order valence-corrected chi connectivity index (χ4v) is 2.02. The number of rotatable bonds is 5. The van der Waals surface area contributed by atoms with Crippen LogP contribution in [0.3, 0.4) is 0 Å². The summed E-state index contributed by atoms with van der Waals surface area (Å²) in [5.74, 6) is 1.28. The van der Waals surface area contributed by atoms with Gasteiger partial charge in [0.1, 0.15) is 5.75 Å². The smallest absolute Gasteiger partial charge is 0.312 e. The summed E-state index contributed by atoms with van der Waals surface area (Å²) in [6, 6.07) is 5.67. The van der Waals surface area contributed by atoms with Crippen LogP contribution in [-0.2, 0) is 5.41 Å². The van der Waals surface area contributed by atoms with Crippen LogP contribution in [0.5, 0.6) is 5.75 Å². The molecule has 0 bridgehead atoms. The van der Waals surface area contributed by atoms with Gasteiger partial charge in [0, 0.05) is 12.0 Å². The molecule has 0 aromatic heterocycles. The maximum Gasteiger partial charge on any atom is 0.312 e. The third-order valence-corrected chi connectivity index (χ3v) is 3.34. The monoisotopic (exact) mass is 264 g/mol. The minimum atomic E-state index is -0.495. The van der Waals surface area contributed by atoms with Crippen LogP contribution in [0.25, 0.3) is 0 Å². The van der Waals surface area contributed by atoms with Gasteiger partial charge in [-0.05, 0) is 23.1 Å². The van der Waals surface area contributed by atoms with Crippen molar-refractivity contribution in [3.8, 4) is 5.75 Å². The van der Waals surface area contributed by atoms with Crippen molar-refractivity contribution in [3.05, 3.63) is 29.3 Å². The van der Waals surface area contributed by atoms with Crippen LogP contribution < -0.4 is 15.8 Å². The molecule has 0 aliphatic heterocycles. The molecule has 1 aromatic carbocycles. The highest BCUT2D eigenvalue weighted by Crippen LogP contribution is 2.32. The number of hydrogen-bond acceptors (Lipinski definition) is 2. The van der Waals surface area contributed by atoms with Gasteiger partial charge in [0.15, 0.2) is 0 Å². The molecular formula is C15H24N2O2. The van der Waals surface area contributed by atoms with Crippen molar-refractivity contribution in [2.75, 3.05) is 13.7 Å². The Balaban J connectivity index is 3.06. The second kappa shape index (κ2) is 5.95. The van der Waals surface area contributed by atoms with Crippen LogP contribution in [0.4, 0.5) is 4.79 Å². The van der Waals surface area contributed by atoms with Gasteiger partial charge in [-0.3, -0.25) is 0 Å². The molecule has 0 aliphatic rings. The van der Waals surface area contributed by atoms with E-state index >= 15 is 0 Å². The van der Waals surface area contributed by atoms with Gasteiger partial charge in [-0.25, -0.2) is 4.79 Å². The largest absolute Gasteiger partial charge is 0.496 e. The first-order valence-corrected chi connectivity index (χ1v) is 6.49. The van der Waals surface area contributed by atoms with Gasteiger partial charge in [0.25, 0.3) is 0 Å². The first-order chi connectivity index (χ1) is 8.77. The van der Waals surface area contributed by atoms with Crippen molar-refractivity contribution in [1.29, 1.82) is 0 Å². The van der Waals surface area contributed by atoms with E-state index in [1.54, 1.807) is 7.11 Å². The first kappa shape index (κ1) is 15.3. The van der Waals surface area contributed by atoms with E-state index in [1.807, 2.05) is 12.1 Å². The zero-order valence-corrected chi connectivity index (χ0v) is 12.4. The van der Waals surface area contributed by atoms with E-state index in [1.165, 1.54) is 5.56 Å². The third kappa shape index (κ3) is 3.88. The van der Waals surface area contributed by atoms with Crippen molar-refractivity contribution >= 4 is 6.03 Å². The summed E-state index contributed by atoms with van der Waals surface area (Å²) < 4.78 is 5.38. The van der Waals surface area contributed by atoms with Crippen LogP contribution >= 0.6 is 0 Å². The molecule has 1 rings (SSSR count). The van der Waals surface area contributed by atoms with Gasteiger partial charge in [-0.15, -0.1) is 0 Å². The molecule has 0 saturated heterocycles. The number of benzene rings is 1. The zero-order valence-electron chi connectivity index (χ0n) is 12.4. The van der Waals surface area contributed by atoms with Crippen molar-refractivity contribution < 1.29 is 9.53 Å². The lowest BCUT2D eigenvalue weighted by Gasteiger charge is -2.27. The molecule has 4 nitrogen and oxygen atoms in total. The Labute approximate surface area is 115 Å². The summed E-state index contributed by atoms with van der Waals surface area (Å²) in [7, 11) is 1.68. The number of nitrogens with two attached hydrogens (primary N) is 1. The topological polar surface area (TPSA) is 64.3 Å². The highest BCUT2D eigenvalue weighted by atomic mass is 16.5. The predicted octanol–water partition coefficient (Wildman–Crippen LogP) is 2.76. The normalized spacial score (nSPS) is 11.5. The maximum atomic E-state index is 10.8. The van der Waals surface area contributed by atoms with E-state index in [0.29, 0.717) is 12.5 Å². The molecule has 4 heteroatoms. The minimum absolute atomic E-state index is 0.176. The highest BCUT2D eigenvalue weighted by molar-refractivity contribution is 5.71. The zero-order chi connectivity index (χ0) is 14.6. The average molecular weight is 264 g/mol. The number of methoxy groups -OCH3 is 1. The van der Waals surface area contributed by atoms with E-state index < -0.39 is 6.03 Å². The maximum absolute atomic E-state index is 10.8. The molecule has 19 heavy (non-hydrogen) atoms. The number of carbonyl (C=O) groups is 1. The predicted molar refractivity (Wildman–Crippen MR) is 77.7 cm³/mol. The summed E-state index contributed by atoms with van der Waals surface area (Å²) in [5, 5.41) is 2.67. The molecule has 3 N–H and O–H groups in total. The molecule has 0 saturated carbocycles. The van der Waals surface area contributed by atoms with Gasteiger partial charge >= 0.3 is 6.03 Å². The van der Waals surface area contributed by atoms with Gasteiger partial charge < -0.3 is 15.8 Å².